The maximum atomic E-state index is 12.4. The number of nitrogens with zero attached hydrogens (tertiary/aromatic N) is 3. The van der Waals surface area contributed by atoms with Crippen molar-refractivity contribution in [1.29, 1.82) is 0 Å². The molecule has 1 N–H and O–H groups in total. The summed E-state index contributed by atoms with van der Waals surface area (Å²) in [6.07, 6.45) is 0. The summed E-state index contributed by atoms with van der Waals surface area (Å²) in [7, 11) is 1.50. The van der Waals surface area contributed by atoms with Crippen LogP contribution in [0.4, 0.5) is 0 Å². The number of fused-ring (bicyclic) bond motifs is 1. The number of hydrogen-bond donors (Lipinski definition) is 1. The summed E-state index contributed by atoms with van der Waals surface area (Å²) in [5, 5.41) is 0. The summed E-state index contributed by atoms with van der Waals surface area (Å²) in [5.41, 5.74) is -0.288. The third-order valence-corrected chi connectivity index (χ3v) is 3.72. The number of rotatable bonds is 3. The number of aromatic nitrogens is 4. The predicted octanol–water partition coefficient (Wildman–Crippen LogP) is 1.07. The van der Waals surface area contributed by atoms with E-state index in [0.717, 1.165) is 4.57 Å². The number of Topliss-reactive ketones (excluding diaryl/α,β-unsaturated/α-hetero) is 1. The first kappa shape index (κ1) is 14.5. The zero-order chi connectivity index (χ0) is 15.9. The van der Waals surface area contributed by atoms with Gasteiger partial charge in [-0.15, -0.1) is 0 Å². The number of H-pyrrole nitrogens is 1. The highest BCUT2D eigenvalue weighted by Gasteiger charge is 2.17. The second-order valence-corrected chi connectivity index (χ2v) is 5.50. The minimum absolute atomic E-state index is 0.176. The van der Waals surface area contributed by atoms with E-state index in [1.165, 1.54) is 11.6 Å². The molecule has 2 heterocycles. The van der Waals surface area contributed by atoms with Crippen LogP contribution in [0, 0.1) is 0 Å². The summed E-state index contributed by atoms with van der Waals surface area (Å²) in [6.45, 7) is -0.317. The van der Waals surface area contributed by atoms with E-state index in [0.29, 0.717) is 10.3 Å². The first-order valence-corrected chi connectivity index (χ1v) is 7.21. The molecule has 7 nitrogen and oxygen atoms in total. The minimum atomic E-state index is -0.583. The van der Waals surface area contributed by atoms with Crippen molar-refractivity contribution in [2.24, 2.45) is 7.05 Å². The second kappa shape index (κ2) is 5.38. The Morgan fingerprint density at radius 1 is 1.27 bits per heavy atom. The fourth-order valence-electron chi connectivity index (χ4n) is 2.22. The van der Waals surface area contributed by atoms with Crippen LogP contribution in [0.5, 0.6) is 0 Å². The van der Waals surface area contributed by atoms with Crippen LogP contribution >= 0.6 is 15.9 Å². The van der Waals surface area contributed by atoms with Crippen molar-refractivity contribution in [1.82, 2.24) is 19.1 Å². The number of carbonyl (C=O) groups excluding carboxylic acids is 1. The molecule has 0 unspecified atom stereocenters. The van der Waals surface area contributed by atoms with Crippen LogP contribution in [-0.2, 0) is 13.6 Å². The Labute approximate surface area is 132 Å². The molecular weight excluding hydrogens is 352 g/mol. The third-order valence-electron chi connectivity index (χ3n) is 3.35. The van der Waals surface area contributed by atoms with E-state index in [1.54, 1.807) is 30.3 Å². The molecular formula is C14H11BrN4O3. The molecule has 0 bridgehead atoms. The van der Waals surface area contributed by atoms with Crippen molar-refractivity contribution in [3.8, 4) is 0 Å². The molecule has 0 amide bonds. The number of nitrogens with one attached hydrogen (secondary N) is 1. The van der Waals surface area contributed by atoms with Gasteiger partial charge >= 0.3 is 5.69 Å². The van der Waals surface area contributed by atoms with E-state index >= 15 is 0 Å². The molecule has 0 aliphatic heterocycles. The highest BCUT2D eigenvalue weighted by atomic mass is 79.9. The van der Waals surface area contributed by atoms with Gasteiger partial charge in [-0.25, -0.2) is 9.78 Å². The SMILES string of the molecule is Cn1c(=O)n(CC(=O)c2ccccc2)c(=O)c2[nH]c(Br)nc21. The first-order valence-electron chi connectivity index (χ1n) is 6.42. The molecule has 0 saturated carbocycles. The molecule has 3 rings (SSSR count). The number of ketones is 1. The topological polar surface area (TPSA) is 89.8 Å². The number of halogens is 1. The Bertz CT molecular complexity index is 985. The monoisotopic (exact) mass is 362 g/mol. The number of benzene rings is 1. The quantitative estimate of drug-likeness (QED) is 0.557. The molecule has 0 aliphatic carbocycles. The molecule has 0 aliphatic rings. The van der Waals surface area contributed by atoms with E-state index in [9.17, 15) is 14.4 Å². The summed E-state index contributed by atoms with van der Waals surface area (Å²) < 4.78 is 2.49. The normalized spacial score (nSPS) is 11.0. The Hall–Kier alpha value is -2.48. The van der Waals surface area contributed by atoms with Gasteiger partial charge in [-0.05, 0) is 15.9 Å². The van der Waals surface area contributed by atoms with Crippen LogP contribution in [0.1, 0.15) is 10.4 Å². The van der Waals surface area contributed by atoms with Crippen LogP contribution in [0.2, 0.25) is 0 Å². The van der Waals surface area contributed by atoms with Gasteiger partial charge in [0.2, 0.25) is 0 Å². The van der Waals surface area contributed by atoms with E-state index in [1.807, 2.05) is 0 Å². The Kier molecular flexibility index (Phi) is 3.53. The van der Waals surface area contributed by atoms with Gasteiger partial charge in [0, 0.05) is 12.6 Å². The van der Waals surface area contributed by atoms with E-state index in [2.05, 4.69) is 25.9 Å². The Balaban J connectivity index is 2.14. The minimum Gasteiger partial charge on any atom is -0.327 e. The van der Waals surface area contributed by atoms with E-state index < -0.39 is 11.2 Å². The molecule has 0 atom stereocenters. The van der Waals surface area contributed by atoms with Crippen molar-refractivity contribution >= 4 is 32.9 Å². The maximum Gasteiger partial charge on any atom is 0.332 e. The molecule has 3 aromatic rings. The molecule has 2 aromatic heterocycles. The predicted molar refractivity (Wildman–Crippen MR) is 84.1 cm³/mol. The second-order valence-electron chi connectivity index (χ2n) is 4.75. The standard InChI is InChI=1S/C14H11BrN4O3/c1-18-11-10(16-13(15)17-11)12(21)19(14(18)22)7-9(20)8-5-3-2-4-6-8/h2-6H,7H2,1H3,(H,16,17). The van der Waals surface area contributed by atoms with E-state index in [4.69, 9.17) is 0 Å². The van der Waals surface area contributed by atoms with Gasteiger partial charge in [0.25, 0.3) is 5.56 Å². The molecule has 0 radical (unpaired) electrons. The van der Waals surface area contributed by atoms with Crippen molar-refractivity contribution in [2.45, 2.75) is 6.54 Å². The Morgan fingerprint density at radius 2 is 1.95 bits per heavy atom. The van der Waals surface area contributed by atoms with Crippen molar-refractivity contribution in [2.75, 3.05) is 0 Å². The number of imidazole rings is 1. The lowest BCUT2D eigenvalue weighted by atomic mass is 10.1. The van der Waals surface area contributed by atoms with Gasteiger partial charge in [-0.2, -0.15) is 0 Å². The van der Waals surface area contributed by atoms with Crippen LogP contribution < -0.4 is 11.2 Å². The number of hydrogen-bond acceptors (Lipinski definition) is 4. The number of aryl methyl sites for hydroxylation is 1. The lowest BCUT2D eigenvalue weighted by molar-refractivity contribution is 0.0969. The molecule has 0 fully saturated rings. The molecule has 112 valence electrons. The van der Waals surface area contributed by atoms with E-state index in [-0.39, 0.29) is 23.5 Å². The molecule has 0 saturated heterocycles. The van der Waals surface area contributed by atoms with Crippen molar-refractivity contribution < 1.29 is 4.79 Å². The lowest BCUT2D eigenvalue weighted by Crippen LogP contribution is -2.40. The van der Waals surface area contributed by atoms with Gasteiger partial charge in [-0.1, -0.05) is 30.3 Å². The van der Waals surface area contributed by atoms with Crippen LogP contribution in [0.3, 0.4) is 0 Å². The van der Waals surface area contributed by atoms with Crippen LogP contribution in [-0.4, -0.2) is 24.9 Å². The highest BCUT2D eigenvalue weighted by Crippen LogP contribution is 2.09. The average molecular weight is 363 g/mol. The lowest BCUT2D eigenvalue weighted by Gasteiger charge is -2.07. The highest BCUT2D eigenvalue weighted by molar-refractivity contribution is 9.10. The Morgan fingerprint density at radius 3 is 2.64 bits per heavy atom. The fraction of sp³-hybridized carbons (Fsp3) is 0.143. The molecule has 1 aromatic carbocycles. The zero-order valence-electron chi connectivity index (χ0n) is 11.5. The molecule has 8 heteroatoms. The first-order chi connectivity index (χ1) is 10.5. The average Bonchev–Trinajstić information content (AvgIpc) is 2.92. The summed E-state index contributed by atoms with van der Waals surface area (Å²) >= 11 is 3.13. The summed E-state index contributed by atoms with van der Waals surface area (Å²) in [5.74, 6) is -0.308. The molecule has 0 spiro atoms. The smallest absolute Gasteiger partial charge is 0.327 e. The van der Waals surface area contributed by atoms with Gasteiger partial charge < -0.3 is 4.98 Å². The number of aromatic amines is 1. The van der Waals surface area contributed by atoms with Gasteiger partial charge in [0.05, 0.1) is 6.54 Å². The third kappa shape index (κ3) is 2.31. The zero-order valence-corrected chi connectivity index (χ0v) is 13.1. The fourth-order valence-corrected chi connectivity index (χ4v) is 2.59. The van der Waals surface area contributed by atoms with Gasteiger partial charge in [0.1, 0.15) is 0 Å². The largest absolute Gasteiger partial charge is 0.332 e. The van der Waals surface area contributed by atoms with Crippen LogP contribution in [0.25, 0.3) is 11.2 Å². The number of carbonyl (C=O) groups is 1. The summed E-state index contributed by atoms with van der Waals surface area (Å²) in [4.78, 5) is 43.7. The van der Waals surface area contributed by atoms with Crippen molar-refractivity contribution in [3.63, 3.8) is 0 Å². The van der Waals surface area contributed by atoms with Gasteiger partial charge in [-0.3, -0.25) is 18.7 Å². The maximum absolute atomic E-state index is 12.4. The van der Waals surface area contributed by atoms with Gasteiger partial charge in [0.15, 0.2) is 21.7 Å². The molecule has 22 heavy (non-hydrogen) atoms. The summed E-state index contributed by atoms with van der Waals surface area (Å²) in [6, 6.07) is 8.52. The van der Waals surface area contributed by atoms with Crippen molar-refractivity contribution in [3.05, 3.63) is 61.5 Å². The van der Waals surface area contributed by atoms with Crippen LogP contribution in [0.15, 0.2) is 44.7 Å².